The summed E-state index contributed by atoms with van der Waals surface area (Å²) >= 11 is 6.64. The lowest BCUT2D eigenvalue weighted by molar-refractivity contribution is -0.151. The van der Waals surface area contributed by atoms with Gasteiger partial charge in [0.15, 0.2) is 0 Å². The van der Waals surface area contributed by atoms with Crippen molar-refractivity contribution in [3.8, 4) is 0 Å². The highest BCUT2D eigenvalue weighted by Crippen LogP contribution is 2.64. The molecule has 2 unspecified atom stereocenters. The summed E-state index contributed by atoms with van der Waals surface area (Å²) in [6, 6.07) is 4.54. The molecule has 3 amide bonds. The molecule has 1 N–H and O–H groups in total. The van der Waals surface area contributed by atoms with Crippen LogP contribution in [0.4, 0.5) is 5.69 Å². The Morgan fingerprint density at radius 2 is 1.90 bits per heavy atom. The molecule has 0 saturated carbocycles. The first-order chi connectivity index (χ1) is 19.7. The van der Waals surface area contributed by atoms with E-state index in [1.807, 2.05) is 32.9 Å². The zero-order valence-corrected chi connectivity index (χ0v) is 25.4. The second kappa shape index (κ2) is 12.7. The van der Waals surface area contributed by atoms with Crippen LogP contribution >= 0.6 is 11.6 Å². The predicted octanol–water partition coefficient (Wildman–Crippen LogP) is 4.52. The third-order valence-corrected chi connectivity index (χ3v) is 9.48. The molecule has 8 nitrogen and oxygen atoms in total. The first-order valence-corrected chi connectivity index (χ1v) is 15.2. The van der Waals surface area contributed by atoms with Gasteiger partial charge in [0.2, 0.25) is 11.8 Å². The minimum Gasteiger partial charge on any atom is -0.396 e. The first-order valence-electron chi connectivity index (χ1n) is 14.9. The van der Waals surface area contributed by atoms with Gasteiger partial charge in [-0.25, -0.2) is 0 Å². The molecule has 0 aromatic heterocycles. The van der Waals surface area contributed by atoms with Crippen molar-refractivity contribution < 1.29 is 24.2 Å². The molecule has 4 rings (SSSR count). The smallest absolute Gasteiger partial charge is 0.253 e. The average molecular weight is 586 g/mol. The van der Waals surface area contributed by atoms with Crippen molar-refractivity contribution in [1.29, 1.82) is 0 Å². The van der Waals surface area contributed by atoms with E-state index in [-0.39, 0.29) is 37.4 Å². The number of hydrogen-bond donors (Lipinski definition) is 1. The predicted molar refractivity (Wildman–Crippen MR) is 161 cm³/mol. The monoisotopic (exact) mass is 585 g/mol. The van der Waals surface area contributed by atoms with E-state index in [0.717, 1.165) is 12.0 Å². The number of carbonyl (C=O) groups is 3. The minimum atomic E-state index is -1.13. The molecule has 3 heterocycles. The molecule has 3 aliphatic rings. The molecule has 1 aromatic carbocycles. The number of aliphatic hydroxyl groups is 1. The molecular weight excluding hydrogens is 542 g/mol. The summed E-state index contributed by atoms with van der Waals surface area (Å²) in [7, 11) is 0. The lowest BCUT2D eigenvalue weighted by Crippen LogP contribution is -2.57. The Morgan fingerprint density at radius 3 is 2.51 bits per heavy atom. The van der Waals surface area contributed by atoms with E-state index in [1.54, 1.807) is 32.9 Å². The van der Waals surface area contributed by atoms with Crippen molar-refractivity contribution in [2.24, 2.45) is 11.8 Å². The number of para-hydroxylation sites is 1. The molecule has 5 atom stereocenters. The van der Waals surface area contributed by atoms with Crippen LogP contribution in [0.2, 0.25) is 5.02 Å². The third kappa shape index (κ3) is 5.12. The van der Waals surface area contributed by atoms with E-state index in [0.29, 0.717) is 55.9 Å². The topological polar surface area (TPSA) is 90.4 Å². The number of anilines is 1. The Hall–Kier alpha value is -2.68. The highest BCUT2D eigenvalue weighted by molar-refractivity contribution is 6.34. The van der Waals surface area contributed by atoms with Gasteiger partial charge in [-0.2, -0.15) is 0 Å². The maximum atomic E-state index is 14.7. The van der Waals surface area contributed by atoms with E-state index in [9.17, 15) is 19.5 Å². The van der Waals surface area contributed by atoms with Crippen LogP contribution in [-0.2, 0) is 19.1 Å². The summed E-state index contributed by atoms with van der Waals surface area (Å²) < 4.78 is 6.93. The molecule has 2 bridgehead atoms. The molecule has 0 radical (unpaired) electrons. The summed E-state index contributed by atoms with van der Waals surface area (Å²) in [6.07, 6.45) is 6.82. The van der Waals surface area contributed by atoms with E-state index in [2.05, 4.69) is 13.2 Å². The SMILES string of the molecule is C=CCN(CCC)C(=O)[C@@H]1[C@H]2C(=O)N(CCCCO)C(C(=O)N(CC=C)c3c(C)cccc3Cl)C23CC[C@@]1(CC)O3. The number of benzene rings is 1. The van der Waals surface area contributed by atoms with Gasteiger partial charge >= 0.3 is 0 Å². The van der Waals surface area contributed by atoms with Crippen LogP contribution in [0.1, 0.15) is 57.9 Å². The zero-order valence-electron chi connectivity index (χ0n) is 24.6. The van der Waals surface area contributed by atoms with Crippen molar-refractivity contribution in [1.82, 2.24) is 9.80 Å². The summed E-state index contributed by atoms with van der Waals surface area (Å²) in [5.41, 5.74) is -0.548. The van der Waals surface area contributed by atoms with Gasteiger partial charge in [0, 0.05) is 32.8 Å². The molecule has 41 heavy (non-hydrogen) atoms. The lowest BCUT2D eigenvalue weighted by atomic mass is 9.64. The van der Waals surface area contributed by atoms with Crippen LogP contribution in [0.15, 0.2) is 43.5 Å². The molecule has 9 heteroatoms. The number of hydrogen-bond acceptors (Lipinski definition) is 5. The van der Waals surface area contributed by atoms with Gasteiger partial charge in [-0.3, -0.25) is 14.4 Å². The summed E-state index contributed by atoms with van der Waals surface area (Å²) in [5, 5.41) is 9.90. The maximum Gasteiger partial charge on any atom is 0.253 e. The van der Waals surface area contributed by atoms with Crippen LogP contribution in [-0.4, -0.2) is 82.7 Å². The van der Waals surface area contributed by atoms with E-state index in [4.69, 9.17) is 16.3 Å². The molecule has 224 valence electrons. The second-order valence-corrected chi connectivity index (χ2v) is 11.9. The van der Waals surface area contributed by atoms with Crippen molar-refractivity contribution in [2.45, 2.75) is 76.5 Å². The number of aliphatic hydroxyl groups excluding tert-OH is 1. The van der Waals surface area contributed by atoms with Crippen LogP contribution in [0.25, 0.3) is 0 Å². The summed E-state index contributed by atoms with van der Waals surface area (Å²) in [6.45, 7) is 15.0. The van der Waals surface area contributed by atoms with Crippen molar-refractivity contribution >= 4 is 35.0 Å². The number of halogens is 1. The summed E-state index contributed by atoms with van der Waals surface area (Å²) in [4.78, 5) is 48.4. The number of fused-ring (bicyclic) bond motifs is 1. The van der Waals surface area contributed by atoms with Gasteiger partial charge < -0.3 is 24.5 Å². The van der Waals surface area contributed by atoms with Crippen LogP contribution in [0, 0.1) is 18.8 Å². The lowest BCUT2D eigenvalue weighted by Gasteiger charge is -2.37. The Labute approximate surface area is 248 Å². The van der Waals surface area contributed by atoms with Gasteiger partial charge in [0.1, 0.15) is 11.6 Å². The van der Waals surface area contributed by atoms with E-state index in [1.165, 1.54) is 0 Å². The third-order valence-electron chi connectivity index (χ3n) is 9.18. The Bertz CT molecular complexity index is 1170. The van der Waals surface area contributed by atoms with Crippen LogP contribution in [0.3, 0.4) is 0 Å². The molecule has 3 saturated heterocycles. The van der Waals surface area contributed by atoms with Gasteiger partial charge in [-0.15, -0.1) is 13.2 Å². The van der Waals surface area contributed by atoms with E-state index >= 15 is 0 Å². The van der Waals surface area contributed by atoms with Gasteiger partial charge in [-0.1, -0.05) is 49.7 Å². The van der Waals surface area contributed by atoms with Gasteiger partial charge in [0.05, 0.1) is 28.1 Å². The first kappa shape index (κ1) is 31.3. The number of likely N-dealkylation sites (tertiary alicyclic amines) is 1. The highest BCUT2D eigenvalue weighted by Gasteiger charge is 2.79. The fourth-order valence-corrected chi connectivity index (χ4v) is 7.78. The van der Waals surface area contributed by atoms with Crippen molar-refractivity contribution in [3.05, 3.63) is 54.1 Å². The normalized spacial score (nSPS) is 28.1. The van der Waals surface area contributed by atoms with Gasteiger partial charge in [-0.05, 0) is 57.1 Å². The molecule has 0 aliphatic carbocycles. The molecule has 1 spiro atoms. The largest absolute Gasteiger partial charge is 0.396 e. The average Bonchev–Trinajstić information content (AvgIpc) is 3.55. The fraction of sp³-hybridized carbons (Fsp3) is 0.594. The molecule has 3 fully saturated rings. The Kier molecular flexibility index (Phi) is 9.66. The number of nitrogens with zero attached hydrogens (tertiary/aromatic N) is 3. The van der Waals surface area contributed by atoms with Crippen molar-refractivity contribution in [3.63, 3.8) is 0 Å². The minimum absolute atomic E-state index is 0.0132. The summed E-state index contributed by atoms with van der Waals surface area (Å²) in [5.74, 6) is -2.08. The number of aryl methyl sites for hydroxylation is 1. The zero-order chi connectivity index (χ0) is 29.9. The molecule has 3 aliphatic heterocycles. The second-order valence-electron chi connectivity index (χ2n) is 11.5. The van der Waals surface area contributed by atoms with Crippen molar-refractivity contribution in [2.75, 3.05) is 37.7 Å². The highest BCUT2D eigenvalue weighted by atomic mass is 35.5. The standard InChI is InChI=1S/C32H44ClN3O5/c1-6-17-34(18-7-2)28(38)24-25-29(39)36(20-10-11-21-37)27(32(25)16-15-31(24,9-4)41-32)30(40)35(19-8-3)26-22(5)13-12-14-23(26)33/h6,8,12-14,24-25,27,37H,1,3,7,9-11,15-21H2,2,4-5H3/t24-,25-,27?,31+,32?/m0/s1. The van der Waals surface area contributed by atoms with E-state index < -0.39 is 29.1 Å². The van der Waals surface area contributed by atoms with Gasteiger partial charge in [0.25, 0.3) is 5.91 Å². The maximum absolute atomic E-state index is 14.7. The van der Waals surface area contributed by atoms with Crippen LogP contribution < -0.4 is 4.90 Å². The molecular formula is C32H44ClN3O5. The Morgan fingerprint density at radius 1 is 1.17 bits per heavy atom. The quantitative estimate of drug-likeness (QED) is 0.256. The van der Waals surface area contributed by atoms with Crippen LogP contribution in [0.5, 0.6) is 0 Å². The Balaban J connectivity index is 1.84. The number of unbranched alkanes of at least 4 members (excludes halogenated alkanes) is 1. The number of amides is 3. The molecule has 1 aromatic rings. The number of ether oxygens (including phenoxy) is 1. The number of rotatable bonds is 14. The fourth-order valence-electron chi connectivity index (χ4n) is 7.45. The number of carbonyl (C=O) groups excluding carboxylic acids is 3.